The number of pyridine rings is 2. The Kier molecular flexibility index (Phi) is 6.03. The van der Waals surface area contributed by atoms with E-state index in [1.165, 1.54) is 31.2 Å². The van der Waals surface area contributed by atoms with Crippen molar-refractivity contribution < 1.29 is 19.2 Å². The molecule has 0 aliphatic rings. The number of carbonyl (C=O) groups is 2. The molecule has 2 aromatic carbocycles. The molecular weight excluding hydrogens is 424 g/mol. The molecule has 1 N–H and O–H groups in total. The van der Waals surface area contributed by atoms with Gasteiger partial charge >= 0.3 is 5.97 Å². The zero-order valence-electron chi connectivity index (χ0n) is 17.5. The fourth-order valence-electron chi connectivity index (χ4n) is 3.23. The highest BCUT2D eigenvalue weighted by Gasteiger charge is 2.22. The van der Waals surface area contributed by atoms with E-state index in [0.717, 1.165) is 5.56 Å². The van der Waals surface area contributed by atoms with E-state index in [-0.39, 0.29) is 16.9 Å². The predicted octanol–water partition coefficient (Wildman–Crippen LogP) is 4.39. The number of non-ortho nitro benzene ring substituents is 1. The van der Waals surface area contributed by atoms with Gasteiger partial charge in [0.25, 0.3) is 11.6 Å². The number of aromatic nitrogens is 2. The lowest BCUT2D eigenvalue weighted by atomic mass is 10.0. The van der Waals surface area contributed by atoms with Crippen LogP contribution >= 0.6 is 0 Å². The number of amides is 1. The van der Waals surface area contributed by atoms with Crippen LogP contribution in [-0.2, 0) is 9.53 Å². The third-order valence-electron chi connectivity index (χ3n) is 4.87. The van der Waals surface area contributed by atoms with Crippen LogP contribution in [0.25, 0.3) is 22.2 Å². The molecule has 9 heteroatoms. The first-order valence-corrected chi connectivity index (χ1v) is 9.99. The summed E-state index contributed by atoms with van der Waals surface area (Å²) in [5, 5.41) is 14.0. The van der Waals surface area contributed by atoms with Gasteiger partial charge in [0.15, 0.2) is 6.10 Å². The van der Waals surface area contributed by atoms with E-state index in [1.54, 1.807) is 42.7 Å². The summed E-state index contributed by atoms with van der Waals surface area (Å²) in [7, 11) is 0. The maximum Gasteiger partial charge on any atom is 0.339 e. The van der Waals surface area contributed by atoms with E-state index in [2.05, 4.69) is 15.3 Å². The molecule has 4 rings (SSSR count). The number of nitro benzene ring substituents is 1. The molecule has 0 radical (unpaired) electrons. The lowest BCUT2D eigenvalue weighted by molar-refractivity contribution is -0.384. The van der Waals surface area contributed by atoms with Crippen molar-refractivity contribution in [1.29, 1.82) is 0 Å². The normalized spacial score (nSPS) is 11.5. The van der Waals surface area contributed by atoms with Crippen LogP contribution in [0.3, 0.4) is 0 Å². The average Bonchev–Trinajstić information content (AvgIpc) is 2.83. The molecule has 2 aromatic heterocycles. The van der Waals surface area contributed by atoms with Gasteiger partial charge in [0.1, 0.15) is 0 Å². The van der Waals surface area contributed by atoms with E-state index in [0.29, 0.717) is 16.6 Å². The molecule has 0 bridgehead atoms. The predicted molar refractivity (Wildman–Crippen MR) is 122 cm³/mol. The third-order valence-corrected chi connectivity index (χ3v) is 4.87. The lowest BCUT2D eigenvalue weighted by Crippen LogP contribution is -2.30. The summed E-state index contributed by atoms with van der Waals surface area (Å²) in [5.74, 6) is -1.31. The molecule has 2 heterocycles. The second kappa shape index (κ2) is 9.23. The van der Waals surface area contributed by atoms with Gasteiger partial charge in [0.2, 0.25) is 0 Å². The first kappa shape index (κ1) is 21.6. The van der Waals surface area contributed by atoms with E-state index in [4.69, 9.17) is 4.74 Å². The summed E-state index contributed by atoms with van der Waals surface area (Å²) in [6, 6.07) is 17.8. The van der Waals surface area contributed by atoms with Gasteiger partial charge in [-0.05, 0) is 37.3 Å². The third kappa shape index (κ3) is 4.82. The maximum absolute atomic E-state index is 13.0. The van der Waals surface area contributed by atoms with Gasteiger partial charge in [-0.2, -0.15) is 0 Å². The highest BCUT2D eigenvalue weighted by atomic mass is 16.6. The second-order valence-electron chi connectivity index (χ2n) is 7.16. The van der Waals surface area contributed by atoms with Crippen molar-refractivity contribution >= 4 is 34.2 Å². The van der Waals surface area contributed by atoms with E-state index in [9.17, 15) is 19.7 Å². The Morgan fingerprint density at radius 3 is 2.64 bits per heavy atom. The monoisotopic (exact) mass is 442 g/mol. The fourth-order valence-corrected chi connectivity index (χ4v) is 3.23. The minimum absolute atomic E-state index is 0.163. The second-order valence-corrected chi connectivity index (χ2v) is 7.16. The van der Waals surface area contributed by atoms with Gasteiger partial charge in [-0.3, -0.25) is 19.9 Å². The first-order valence-electron chi connectivity index (χ1n) is 9.99. The molecule has 0 aliphatic carbocycles. The zero-order chi connectivity index (χ0) is 23.4. The summed E-state index contributed by atoms with van der Waals surface area (Å²) in [4.78, 5) is 44.6. The number of hydrogen-bond donors (Lipinski definition) is 1. The van der Waals surface area contributed by atoms with Gasteiger partial charge in [-0.1, -0.05) is 24.3 Å². The smallest absolute Gasteiger partial charge is 0.339 e. The largest absolute Gasteiger partial charge is 0.449 e. The Morgan fingerprint density at radius 1 is 1.06 bits per heavy atom. The Hall–Kier alpha value is -4.66. The number of rotatable bonds is 6. The molecule has 0 saturated carbocycles. The Morgan fingerprint density at radius 2 is 1.88 bits per heavy atom. The Labute approximate surface area is 188 Å². The topological polar surface area (TPSA) is 124 Å². The Bertz CT molecular complexity index is 1360. The molecule has 33 heavy (non-hydrogen) atoms. The molecule has 0 aliphatic heterocycles. The molecule has 9 nitrogen and oxygen atoms in total. The first-order chi connectivity index (χ1) is 15.9. The number of carbonyl (C=O) groups excluding carboxylic acids is 2. The van der Waals surface area contributed by atoms with Crippen molar-refractivity contribution in [1.82, 2.24) is 9.97 Å². The number of hydrogen-bond acceptors (Lipinski definition) is 7. The number of para-hydroxylation sites is 1. The minimum atomic E-state index is -1.15. The number of fused-ring (bicyclic) bond motifs is 1. The summed E-state index contributed by atoms with van der Waals surface area (Å²) >= 11 is 0. The van der Waals surface area contributed by atoms with E-state index < -0.39 is 22.9 Å². The SMILES string of the molecule is C[C@@H](OC(=O)c1cc(-c2cccnc2)nc2ccccc12)C(=O)Nc1cccc([N+](=O)[O-])c1. The number of esters is 1. The Balaban J connectivity index is 1.57. The summed E-state index contributed by atoms with van der Waals surface area (Å²) in [5.41, 5.74) is 2.19. The van der Waals surface area contributed by atoms with Crippen LogP contribution in [0.1, 0.15) is 17.3 Å². The van der Waals surface area contributed by atoms with Gasteiger partial charge in [-0.25, -0.2) is 9.78 Å². The quantitative estimate of drug-likeness (QED) is 0.267. The van der Waals surface area contributed by atoms with Crippen molar-refractivity contribution in [2.75, 3.05) is 5.32 Å². The molecule has 0 spiro atoms. The van der Waals surface area contributed by atoms with Crippen molar-refractivity contribution in [2.24, 2.45) is 0 Å². The maximum atomic E-state index is 13.0. The van der Waals surface area contributed by atoms with Crippen LogP contribution in [0.5, 0.6) is 0 Å². The van der Waals surface area contributed by atoms with Crippen molar-refractivity contribution in [2.45, 2.75) is 13.0 Å². The highest BCUT2D eigenvalue weighted by molar-refractivity contribution is 6.06. The fraction of sp³-hybridized carbons (Fsp3) is 0.0833. The highest BCUT2D eigenvalue weighted by Crippen LogP contribution is 2.25. The van der Waals surface area contributed by atoms with E-state index >= 15 is 0 Å². The molecule has 1 atom stereocenters. The average molecular weight is 442 g/mol. The molecule has 1 amide bonds. The van der Waals surface area contributed by atoms with Crippen LogP contribution in [0.2, 0.25) is 0 Å². The van der Waals surface area contributed by atoms with Crippen molar-refractivity contribution in [3.05, 3.63) is 94.8 Å². The number of anilines is 1. The van der Waals surface area contributed by atoms with Crippen LogP contribution in [0.15, 0.2) is 79.1 Å². The van der Waals surface area contributed by atoms with Gasteiger partial charge in [0.05, 0.1) is 21.7 Å². The molecule has 0 unspecified atom stereocenters. The minimum Gasteiger partial charge on any atom is -0.449 e. The van der Waals surface area contributed by atoms with Crippen LogP contribution in [0.4, 0.5) is 11.4 Å². The summed E-state index contributed by atoms with van der Waals surface area (Å²) in [6.07, 6.45) is 2.13. The molecule has 0 fully saturated rings. The van der Waals surface area contributed by atoms with Crippen molar-refractivity contribution in [3.63, 3.8) is 0 Å². The summed E-state index contributed by atoms with van der Waals surface area (Å²) in [6.45, 7) is 1.43. The van der Waals surface area contributed by atoms with Crippen LogP contribution < -0.4 is 5.32 Å². The lowest BCUT2D eigenvalue weighted by Gasteiger charge is -2.15. The number of nitrogens with zero attached hydrogens (tertiary/aromatic N) is 3. The number of ether oxygens (including phenoxy) is 1. The van der Waals surface area contributed by atoms with Crippen LogP contribution in [-0.4, -0.2) is 32.9 Å². The molecule has 0 saturated heterocycles. The zero-order valence-corrected chi connectivity index (χ0v) is 17.5. The summed E-state index contributed by atoms with van der Waals surface area (Å²) < 4.78 is 5.42. The van der Waals surface area contributed by atoms with Gasteiger partial charge < -0.3 is 10.1 Å². The standard InChI is InChI=1S/C24H18N4O5/c1-15(23(29)26-17-7-4-8-18(12-17)28(31)32)33-24(30)20-13-22(16-6-5-11-25-14-16)27-21-10-3-2-9-19(20)21/h2-15H,1H3,(H,26,29)/t15-/m1/s1. The number of benzene rings is 2. The van der Waals surface area contributed by atoms with E-state index in [1.807, 2.05) is 12.1 Å². The van der Waals surface area contributed by atoms with Crippen LogP contribution in [0, 0.1) is 10.1 Å². The van der Waals surface area contributed by atoms with Crippen molar-refractivity contribution in [3.8, 4) is 11.3 Å². The number of nitrogens with one attached hydrogen (secondary N) is 1. The number of nitro groups is 1. The molecule has 4 aromatic rings. The van der Waals surface area contributed by atoms with Gasteiger partial charge in [-0.15, -0.1) is 0 Å². The molecular formula is C24H18N4O5. The van der Waals surface area contributed by atoms with Gasteiger partial charge in [0, 0.05) is 41.2 Å². The molecule has 164 valence electrons.